The first kappa shape index (κ1) is 18.9. The maximum atomic E-state index is 12.2. The molecule has 1 aromatic carbocycles. The van der Waals surface area contributed by atoms with Gasteiger partial charge < -0.3 is 21.0 Å². The van der Waals surface area contributed by atoms with Crippen LogP contribution in [0, 0.1) is 0 Å². The zero-order valence-electron chi connectivity index (χ0n) is 14.7. The fraction of sp³-hybridized carbons (Fsp3) is 0.222. The Balaban J connectivity index is 1.80. The molecule has 0 saturated carbocycles. The molecule has 0 aliphatic carbocycles. The number of rotatable bonds is 7. The number of hydrogen-bond acceptors (Lipinski definition) is 5. The summed E-state index contributed by atoms with van der Waals surface area (Å²) >= 11 is 0. The van der Waals surface area contributed by atoms with E-state index in [1.807, 2.05) is 24.3 Å². The van der Waals surface area contributed by atoms with Gasteiger partial charge in [0.05, 0.1) is 17.0 Å². The third kappa shape index (κ3) is 4.63. The van der Waals surface area contributed by atoms with E-state index in [0.717, 1.165) is 16.5 Å². The number of aromatic amines is 2. The predicted molar refractivity (Wildman–Crippen MR) is 104 cm³/mol. The molecule has 0 atom stereocenters. The smallest absolute Gasteiger partial charge is 0.265 e. The lowest BCUT2D eigenvalue weighted by Crippen LogP contribution is -2.21. The van der Waals surface area contributed by atoms with Gasteiger partial charge in [-0.25, -0.2) is 8.42 Å². The number of nitrogens with two attached hydrogens (primary N) is 1. The standard InChI is InChI=1S/C18H20N4O4S/c1-27(25,26)7-6-20-10-11-2-4-14-12(8-11)9-16(21-14)13-3-5-15(17(19)23)22-18(13)24/h2-5,8-9,20-21H,6-7,10H2,1H3,(H2,19,23)(H,22,24). The quantitative estimate of drug-likeness (QED) is 0.443. The number of amides is 1. The van der Waals surface area contributed by atoms with Crippen molar-refractivity contribution in [2.24, 2.45) is 5.73 Å². The Hall–Kier alpha value is -2.91. The van der Waals surface area contributed by atoms with E-state index in [-0.39, 0.29) is 11.4 Å². The third-order valence-electron chi connectivity index (χ3n) is 4.13. The van der Waals surface area contributed by atoms with Crippen LogP contribution in [0.5, 0.6) is 0 Å². The highest BCUT2D eigenvalue weighted by molar-refractivity contribution is 7.90. The molecule has 2 aromatic heterocycles. The zero-order valence-corrected chi connectivity index (χ0v) is 15.5. The summed E-state index contributed by atoms with van der Waals surface area (Å²) < 4.78 is 22.3. The predicted octanol–water partition coefficient (Wildman–Crippen LogP) is 0.756. The minimum Gasteiger partial charge on any atom is -0.364 e. The molecule has 8 nitrogen and oxygen atoms in total. The highest BCUT2D eigenvalue weighted by atomic mass is 32.2. The minimum absolute atomic E-state index is 0.0577. The van der Waals surface area contributed by atoms with Crippen molar-refractivity contribution >= 4 is 26.6 Å². The van der Waals surface area contributed by atoms with Crippen LogP contribution in [0.15, 0.2) is 41.2 Å². The van der Waals surface area contributed by atoms with Gasteiger partial charge in [0.1, 0.15) is 15.5 Å². The maximum absolute atomic E-state index is 12.2. The summed E-state index contributed by atoms with van der Waals surface area (Å²) in [5.41, 5.74) is 7.72. The lowest BCUT2D eigenvalue weighted by Gasteiger charge is -2.04. The normalized spacial score (nSPS) is 11.7. The summed E-state index contributed by atoms with van der Waals surface area (Å²) in [4.78, 5) is 29.0. The summed E-state index contributed by atoms with van der Waals surface area (Å²) in [6.07, 6.45) is 1.21. The molecule has 142 valence electrons. The molecule has 1 amide bonds. The van der Waals surface area contributed by atoms with Crippen LogP contribution in [0.4, 0.5) is 0 Å². The Morgan fingerprint density at radius 2 is 1.93 bits per heavy atom. The van der Waals surface area contributed by atoms with Crippen molar-refractivity contribution in [1.29, 1.82) is 0 Å². The highest BCUT2D eigenvalue weighted by Crippen LogP contribution is 2.23. The number of pyridine rings is 1. The van der Waals surface area contributed by atoms with Gasteiger partial charge in [-0.05, 0) is 35.9 Å². The van der Waals surface area contributed by atoms with Crippen molar-refractivity contribution in [3.8, 4) is 11.3 Å². The summed E-state index contributed by atoms with van der Waals surface area (Å²) in [7, 11) is -2.98. The van der Waals surface area contributed by atoms with E-state index in [1.165, 1.54) is 12.3 Å². The van der Waals surface area contributed by atoms with Crippen molar-refractivity contribution in [3.05, 3.63) is 58.0 Å². The second-order valence-corrected chi connectivity index (χ2v) is 8.65. The second-order valence-electron chi connectivity index (χ2n) is 6.39. The van der Waals surface area contributed by atoms with Crippen molar-refractivity contribution in [3.63, 3.8) is 0 Å². The molecule has 3 aromatic rings. The van der Waals surface area contributed by atoms with Gasteiger partial charge in [0, 0.05) is 30.2 Å². The SMILES string of the molecule is CS(=O)(=O)CCNCc1ccc2[nH]c(-c3ccc(C(N)=O)[nH]c3=O)cc2c1. The molecule has 0 bridgehead atoms. The average Bonchev–Trinajstić information content (AvgIpc) is 3.00. The van der Waals surface area contributed by atoms with E-state index in [0.29, 0.717) is 24.3 Å². The molecule has 0 aliphatic rings. The number of fused-ring (bicyclic) bond motifs is 1. The molecule has 0 radical (unpaired) electrons. The molecule has 0 aliphatic heterocycles. The van der Waals surface area contributed by atoms with Crippen molar-refractivity contribution < 1.29 is 13.2 Å². The molecule has 5 N–H and O–H groups in total. The molecule has 2 heterocycles. The molecular formula is C18H20N4O4S. The Labute approximate surface area is 155 Å². The van der Waals surface area contributed by atoms with Gasteiger partial charge in [-0.15, -0.1) is 0 Å². The molecular weight excluding hydrogens is 368 g/mol. The number of H-pyrrole nitrogens is 2. The molecule has 0 fully saturated rings. The van der Waals surface area contributed by atoms with E-state index in [4.69, 9.17) is 5.73 Å². The van der Waals surface area contributed by atoms with Crippen molar-refractivity contribution in [1.82, 2.24) is 15.3 Å². The maximum Gasteiger partial charge on any atom is 0.265 e. The first-order valence-electron chi connectivity index (χ1n) is 8.26. The van der Waals surface area contributed by atoms with Gasteiger partial charge >= 0.3 is 0 Å². The lowest BCUT2D eigenvalue weighted by atomic mass is 10.1. The Morgan fingerprint density at radius 3 is 2.59 bits per heavy atom. The average molecular weight is 388 g/mol. The number of nitrogens with one attached hydrogen (secondary N) is 3. The van der Waals surface area contributed by atoms with Gasteiger partial charge in [0.25, 0.3) is 11.5 Å². The van der Waals surface area contributed by atoms with Gasteiger partial charge in [-0.3, -0.25) is 9.59 Å². The number of benzene rings is 1. The van der Waals surface area contributed by atoms with Crippen molar-refractivity contribution in [2.75, 3.05) is 18.6 Å². The zero-order chi connectivity index (χ0) is 19.6. The fourth-order valence-corrected chi connectivity index (χ4v) is 3.27. The van der Waals surface area contributed by atoms with E-state index in [1.54, 1.807) is 6.07 Å². The van der Waals surface area contributed by atoms with E-state index >= 15 is 0 Å². The van der Waals surface area contributed by atoms with Crippen LogP contribution in [-0.2, 0) is 16.4 Å². The van der Waals surface area contributed by atoms with Gasteiger partial charge in [0.15, 0.2) is 0 Å². The van der Waals surface area contributed by atoms with Crippen LogP contribution in [0.1, 0.15) is 16.1 Å². The van der Waals surface area contributed by atoms with Gasteiger partial charge in [-0.1, -0.05) is 6.07 Å². The third-order valence-corrected chi connectivity index (χ3v) is 5.07. The largest absolute Gasteiger partial charge is 0.364 e. The molecule has 0 saturated heterocycles. The van der Waals surface area contributed by atoms with Gasteiger partial charge in [-0.2, -0.15) is 0 Å². The lowest BCUT2D eigenvalue weighted by molar-refractivity contribution is 0.0995. The van der Waals surface area contributed by atoms with Crippen LogP contribution >= 0.6 is 0 Å². The molecule has 0 unspecified atom stereocenters. The number of carbonyl (C=O) groups excluding carboxylic acids is 1. The molecule has 3 rings (SSSR count). The Morgan fingerprint density at radius 1 is 1.15 bits per heavy atom. The van der Waals surface area contributed by atoms with E-state index < -0.39 is 21.3 Å². The summed E-state index contributed by atoms with van der Waals surface area (Å²) in [6, 6.07) is 10.7. The van der Waals surface area contributed by atoms with Crippen LogP contribution < -0.4 is 16.6 Å². The van der Waals surface area contributed by atoms with Crippen molar-refractivity contribution in [2.45, 2.75) is 6.54 Å². The summed E-state index contributed by atoms with van der Waals surface area (Å²) in [5, 5.41) is 4.02. The fourth-order valence-electron chi connectivity index (χ4n) is 2.76. The number of aromatic nitrogens is 2. The molecule has 27 heavy (non-hydrogen) atoms. The topological polar surface area (TPSA) is 138 Å². The minimum atomic E-state index is -2.98. The van der Waals surface area contributed by atoms with Crippen LogP contribution in [0.25, 0.3) is 22.2 Å². The van der Waals surface area contributed by atoms with Gasteiger partial charge in [0.2, 0.25) is 0 Å². The monoisotopic (exact) mass is 388 g/mol. The van der Waals surface area contributed by atoms with Crippen LogP contribution in [0.3, 0.4) is 0 Å². The first-order chi connectivity index (χ1) is 12.7. The molecule has 0 spiro atoms. The number of primary amides is 1. The Bertz CT molecular complexity index is 1160. The van der Waals surface area contributed by atoms with Crippen LogP contribution in [0.2, 0.25) is 0 Å². The summed E-state index contributed by atoms with van der Waals surface area (Å²) in [5.74, 6) is -0.600. The van der Waals surface area contributed by atoms with E-state index in [9.17, 15) is 18.0 Å². The van der Waals surface area contributed by atoms with Crippen LogP contribution in [-0.4, -0.2) is 42.8 Å². The first-order valence-corrected chi connectivity index (χ1v) is 10.3. The highest BCUT2D eigenvalue weighted by Gasteiger charge is 2.10. The number of carbonyl (C=O) groups is 1. The second kappa shape index (κ2) is 7.37. The number of hydrogen-bond donors (Lipinski definition) is 4. The molecule has 9 heteroatoms. The Kier molecular flexibility index (Phi) is 5.15. The van der Waals surface area contributed by atoms with E-state index in [2.05, 4.69) is 15.3 Å². The number of sulfone groups is 1. The summed E-state index contributed by atoms with van der Waals surface area (Å²) in [6.45, 7) is 0.927.